The van der Waals surface area contributed by atoms with E-state index in [1.165, 1.54) is 13.4 Å². The minimum atomic E-state index is -0.0166. The molecule has 0 aromatic carbocycles. The Morgan fingerprint density at radius 1 is 1.50 bits per heavy atom. The monoisotopic (exact) mass is 253 g/mol. The Balaban J connectivity index is 2.47. The van der Waals surface area contributed by atoms with Crippen LogP contribution in [-0.2, 0) is 4.79 Å². The van der Waals surface area contributed by atoms with E-state index in [1.807, 2.05) is 13.8 Å². The van der Waals surface area contributed by atoms with Crippen LogP contribution >= 0.6 is 0 Å². The molecule has 0 bridgehead atoms. The number of aromatic nitrogens is 2. The number of rotatable bonds is 6. The second-order valence-electron chi connectivity index (χ2n) is 4.04. The standard InChI is InChI=1S/C11H19N5O2/c1-7(2)16-8(17)4-5-13-10-9(12)11(18-3)15-6-14-10/h6-7H,4-5,12H2,1-3H3,(H,16,17)(H,13,14,15). The Morgan fingerprint density at radius 2 is 2.22 bits per heavy atom. The Hall–Kier alpha value is -2.05. The van der Waals surface area contributed by atoms with Gasteiger partial charge in [0.1, 0.15) is 12.0 Å². The van der Waals surface area contributed by atoms with Crippen molar-refractivity contribution in [3.8, 4) is 5.88 Å². The summed E-state index contributed by atoms with van der Waals surface area (Å²) < 4.78 is 4.97. The normalized spacial score (nSPS) is 10.2. The Kier molecular flexibility index (Phi) is 5.16. The van der Waals surface area contributed by atoms with Gasteiger partial charge in [0.25, 0.3) is 0 Å². The molecule has 0 aliphatic heterocycles. The molecule has 0 aliphatic carbocycles. The number of carbonyl (C=O) groups excluding carboxylic acids is 1. The van der Waals surface area contributed by atoms with Crippen LogP contribution in [0.2, 0.25) is 0 Å². The molecule has 1 aromatic heterocycles. The van der Waals surface area contributed by atoms with Gasteiger partial charge in [-0.05, 0) is 13.8 Å². The smallest absolute Gasteiger partial charge is 0.242 e. The topological polar surface area (TPSA) is 102 Å². The Bertz CT molecular complexity index is 408. The van der Waals surface area contributed by atoms with Crippen LogP contribution in [0.3, 0.4) is 0 Å². The predicted octanol–water partition coefficient (Wildman–Crippen LogP) is 0.394. The van der Waals surface area contributed by atoms with Gasteiger partial charge < -0.3 is 21.1 Å². The molecule has 0 aliphatic rings. The summed E-state index contributed by atoms with van der Waals surface area (Å²) in [6, 6.07) is 0.140. The molecule has 0 atom stereocenters. The van der Waals surface area contributed by atoms with E-state index in [-0.39, 0.29) is 11.9 Å². The van der Waals surface area contributed by atoms with Crippen LogP contribution in [0.25, 0.3) is 0 Å². The molecular weight excluding hydrogens is 234 g/mol. The molecule has 7 heteroatoms. The van der Waals surface area contributed by atoms with E-state index in [4.69, 9.17) is 10.5 Å². The summed E-state index contributed by atoms with van der Waals surface area (Å²) in [5.41, 5.74) is 6.12. The quantitative estimate of drug-likeness (QED) is 0.678. The van der Waals surface area contributed by atoms with Gasteiger partial charge in [-0.1, -0.05) is 0 Å². The SMILES string of the molecule is COc1ncnc(NCCC(=O)NC(C)C)c1N. The number of hydrogen-bond donors (Lipinski definition) is 3. The van der Waals surface area contributed by atoms with Gasteiger partial charge in [0, 0.05) is 19.0 Å². The number of nitrogens with two attached hydrogens (primary N) is 1. The summed E-state index contributed by atoms with van der Waals surface area (Å²) in [6.45, 7) is 4.28. The van der Waals surface area contributed by atoms with Gasteiger partial charge in [-0.3, -0.25) is 4.79 Å². The minimum absolute atomic E-state index is 0.0166. The average molecular weight is 253 g/mol. The molecular formula is C11H19N5O2. The second kappa shape index (κ2) is 6.63. The molecule has 18 heavy (non-hydrogen) atoms. The molecule has 1 aromatic rings. The molecule has 0 saturated heterocycles. The lowest BCUT2D eigenvalue weighted by molar-refractivity contribution is -0.121. The lowest BCUT2D eigenvalue weighted by atomic mass is 10.3. The molecule has 1 rings (SSSR count). The summed E-state index contributed by atoms with van der Waals surface area (Å²) >= 11 is 0. The van der Waals surface area contributed by atoms with E-state index in [1.54, 1.807) is 0 Å². The summed E-state index contributed by atoms with van der Waals surface area (Å²) in [6.07, 6.45) is 1.70. The third kappa shape index (κ3) is 4.08. The summed E-state index contributed by atoms with van der Waals surface area (Å²) in [4.78, 5) is 19.3. The first kappa shape index (κ1) is 14.0. The van der Waals surface area contributed by atoms with E-state index < -0.39 is 0 Å². The average Bonchev–Trinajstić information content (AvgIpc) is 2.30. The van der Waals surface area contributed by atoms with Crippen LogP contribution in [0, 0.1) is 0 Å². The zero-order valence-electron chi connectivity index (χ0n) is 10.9. The van der Waals surface area contributed by atoms with Gasteiger partial charge in [-0.15, -0.1) is 0 Å². The molecule has 0 radical (unpaired) electrons. The summed E-state index contributed by atoms with van der Waals surface area (Å²) in [5.74, 6) is 0.774. The van der Waals surface area contributed by atoms with E-state index in [0.717, 1.165) is 0 Å². The van der Waals surface area contributed by atoms with Gasteiger partial charge in [-0.2, -0.15) is 4.98 Å². The molecule has 0 saturated carbocycles. The van der Waals surface area contributed by atoms with Crippen molar-refractivity contribution in [1.82, 2.24) is 15.3 Å². The molecule has 7 nitrogen and oxygen atoms in total. The van der Waals surface area contributed by atoms with Crippen molar-refractivity contribution in [1.29, 1.82) is 0 Å². The fraction of sp³-hybridized carbons (Fsp3) is 0.545. The molecule has 0 unspecified atom stereocenters. The molecule has 0 spiro atoms. The molecule has 0 fully saturated rings. The maximum Gasteiger partial charge on any atom is 0.242 e. The number of ether oxygens (including phenoxy) is 1. The van der Waals surface area contributed by atoms with Gasteiger partial charge >= 0.3 is 0 Å². The first-order valence-corrected chi connectivity index (χ1v) is 5.72. The van der Waals surface area contributed by atoms with Crippen molar-refractivity contribution in [2.75, 3.05) is 24.7 Å². The molecule has 1 amide bonds. The van der Waals surface area contributed by atoms with Crippen LogP contribution in [0.1, 0.15) is 20.3 Å². The maximum atomic E-state index is 11.4. The fourth-order valence-electron chi connectivity index (χ4n) is 1.37. The van der Waals surface area contributed by atoms with Crippen LogP contribution in [0.15, 0.2) is 6.33 Å². The highest BCUT2D eigenvalue weighted by Gasteiger charge is 2.08. The first-order chi connectivity index (χ1) is 8.54. The third-order valence-electron chi connectivity index (χ3n) is 2.13. The lowest BCUT2D eigenvalue weighted by Gasteiger charge is -2.11. The zero-order chi connectivity index (χ0) is 13.5. The largest absolute Gasteiger partial charge is 0.479 e. The number of methoxy groups -OCH3 is 1. The van der Waals surface area contributed by atoms with E-state index in [0.29, 0.717) is 30.4 Å². The highest BCUT2D eigenvalue weighted by molar-refractivity contribution is 5.77. The second-order valence-corrected chi connectivity index (χ2v) is 4.04. The third-order valence-corrected chi connectivity index (χ3v) is 2.13. The number of hydrogen-bond acceptors (Lipinski definition) is 6. The maximum absolute atomic E-state index is 11.4. The van der Waals surface area contributed by atoms with Crippen LogP contribution in [0.5, 0.6) is 5.88 Å². The van der Waals surface area contributed by atoms with Crippen molar-refractivity contribution in [2.24, 2.45) is 0 Å². The highest BCUT2D eigenvalue weighted by atomic mass is 16.5. The van der Waals surface area contributed by atoms with Gasteiger partial charge in [0.15, 0.2) is 5.82 Å². The van der Waals surface area contributed by atoms with Crippen molar-refractivity contribution >= 4 is 17.4 Å². The number of nitrogens with one attached hydrogen (secondary N) is 2. The first-order valence-electron chi connectivity index (χ1n) is 5.72. The number of carbonyl (C=O) groups is 1. The molecule has 100 valence electrons. The van der Waals surface area contributed by atoms with Crippen LogP contribution in [-0.4, -0.2) is 35.6 Å². The predicted molar refractivity (Wildman–Crippen MR) is 69.4 cm³/mol. The number of anilines is 2. The Labute approximate surface area is 106 Å². The van der Waals surface area contributed by atoms with Crippen LogP contribution in [0.4, 0.5) is 11.5 Å². The van der Waals surface area contributed by atoms with Gasteiger partial charge in [0.2, 0.25) is 11.8 Å². The Morgan fingerprint density at radius 3 is 2.83 bits per heavy atom. The number of nitrogen functional groups attached to an aromatic ring is 1. The zero-order valence-corrected chi connectivity index (χ0v) is 10.9. The van der Waals surface area contributed by atoms with Crippen molar-refractivity contribution in [2.45, 2.75) is 26.3 Å². The number of amides is 1. The molecule has 4 N–H and O–H groups in total. The van der Waals surface area contributed by atoms with Crippen LogP contribution < -0.4 is 21.1 Å². The van der Waals surface area contributed by atoms with E-state index in [2.05, 4.69) is 20.6 Å². The highest BCUT2D eigenvalue weighted by Crippen LogP contribution is 2.23. The molecule has 1 heterocycles. The van der Waals surface area contributed by atoms with Gasteiger partial charge in [0.05, 0.1) is 7.11 Å². The van der Waals surface area contributed by atoms with Gasteiger partial charge in [-0.25, -0.2) is 4.98 Å². The minimum Gasteiger partial charge on any atom is -0.479 e. The van der Waals surface area contributed by atoms with Crippen molar-refractivity contribution in [3.05, 3.63) is 6.33 Å². The summed E-state index contributed by atoms with van der Waals surface area (Å²) in [5, 5.41) is 5.77. The fourth-order valence-corrected chi connectivity index (χ4v) is 1.37. The van der Waals surface area contributed by atoms with E-state index in [9.17, 15) is 4.79 Å². The lowest BCUT2D eigenvalue weighted by Crippen LogP contribution is -2.31. The van der Waals surface area contributed by atoms with Crippen molar-refractivity contribution in [3.63, 3.8) is 0 Å². The summed E-state index contributed by atoms with van der Waals surface area (Å²) in [7, 11) is 1.48. The van der Waals surface area contributed by atoms with Crippen molar-refractivity contribution < 1.29 is 9.53 Å². The van der Waals surface area contributed by atoms with E-state index >= 15 is 0 Å². The number of nitrogens with zero attached hydrogens (tertiary/aromatic N) is 2.